The van der Waals surface area contributed by atoms with Crippen molar-refractivity contribution >= 4 is 23.2 Å². The fraction of sp³-hybridized carbons (Fsp3) is 0.364. The maximum atomic E-state index is 13.2. The minimum absolute atomic E-state index is 0.129. The Kier molecular flexibility index (Phi) is 5.28. The second-order valence-electron chi connectivity index (χ2n) is 3.44. The summed E-state index contributed by atoms with van der Waals surface area (Å²) in [4.78, 5) is 11.3. The van der Waals surface area contributed by atoms with Crippen molar-refractivity contribution in [3.63, 3.8) is 0 Å². The average Bonchev–Trinajstić information content (AvgIpc) is 2.25. The van der Waals surface area contributed by atoms with E-state index in [4.69, 9.17) is 11.6 Å². The third-order valence-corrected chi connectivity index (χ3v) is 2.32. The first-order chi connectivity index (χ1) is 8.04. The lowest BCUT2D eigenvalue weighted by atomic mass is 10.2. The van der Waals surface area contributed by atoms with Crippen molar-refractivity contribution in [3.05, 3.63) is 29.6 Å². The van der Waals surface area contributed by atoms with Gasteiger partial charge in [-0.15, -0.1) is 11.6 Å². The Bertz CT molecular complexity index is 412. The third kappa shape index (κ3) is 4.26. The van der Waals surface area contributed by atoms with Crippen LogP contribution in [0, 0.1) is 17.5 Å². The summed E-state index contributed by atoms with van der Waals surface area (Å²) in [5, 5.41) is 2.11. The number of alkyl halides is 1. The number of amides is 1. The molecule has 1 aromatic carbocycles. The van der Waals surface area contributed by atoms with E-state index < -0.39 is 29.0 Å². The standard InChI is InChI=1S/C11H11ClF3NO/c12-4-2-1-3-10(17)16-9-6-7(13)5-8(14)11(9)15/h5-6H,1-4H2,(H,16,17). The lowest BCUT2D eigenvalue weighted by Crippen LogP contribution is -2.13. The summed E-state index contributed by atoms with van der Waals surface area (Å²) in [7, 11) is 0. The Morgan fingerprint density at radius 3 is 2.59 bits per heavy atom. The highest BCUT2D eigenvalue weighted by Crippen LogP contribution is 2.19. The predicted octanol–water partition coefficient (Wildman–Crippen LogP) is 3.45. The number of hydrogen-bond acceptors (Lipinski definition) is 1. The lowest BCUT2D eigenvalue weighted by molar-refractivity contribution is -0.116. The van der Waals surface area contributed by atoms with Crippen LogP contribution < -0.4 is 5.32 Å². The van der Waals surface area contributed by atoms with Crippen molar-refractivity contribution in [3.8, 4) is 0 Å². The van der Waals surface area contributed by atoms with Crippen LogP contribution in [0.15, 0.2) is 12.1 Å². The zero-order chi connectivity index (χ0) is 12.8. The first-order valence-corrected chi connectivity index (χ1v) is 5.58. The van der Waals surface area contributed by atoms with Gasteiger partial charge in [0.2, 0.25) is 5.91 Å². The summed E-state index contributed by atoms with van der Waals surface area (Å²) in [6.45, 7) is 0. The molecule has 0 saturated heterocycles. The lowest BCUT2D eigenvalue weighted by Gasteiger charge is -2.06. The normalized spacial score (nSPS) is 10.4. The van der Waals surface area contributed by atoms with E-state index in [2.05, 4.69) is 5.32 Å². The van der Waals surface area contributed by atoms with Crippen molar-refractivity contribution in [1.82, 2.24) is 0 Å². The molecule has 6 heteroatoms. The molecule has 0 bridgehead atoms. The number of carbonyl (C=O) groups excluding carboxylic acids is 1. The van der Waals surface area contributed by atoms with Gasteiger partial charge >= 0.3 is 0 Å². The van der Waals surface area contributed by atoms with Gasteiger partial charge in [0.1, 0.15) is 5.82 Å². The number of benzene rings is 1. The van der Waals surface area contributed by atoms with E-state index in [9.17, 15) is 18.0 Å². The summed E-state index contributed by atoms with van der Waals surface area (Å²) >= 11 is 5.42. The molecule has 17 heavy (non-hydrogen) atoms. The van der Waals surface area contributed by atoms with E-state index in [-0.39, 0.29) is 6.42 Å². The quantitative estimate of drug-likeness (QED) is 0.493. The van der Waals surface area contributed by atoms with Crippen LogP contribution in [0.5, 0.6) is 0 Å². The second-order valence-corrected chi connectivity index (χ2v) is 3.82. The van der Waals surface area contributed by atoms with Crippen molar-refractivity contribution in [1.29, 1.82) is 0 Å². The van der Waals surface area contributed by atoms with Crippen LogP contribution in [-0.2, 0) is 4.79 Å². The van der Waals surface area contributed by atoms with E-state index >= 15 is 0 Å². The molecule has 0 saturated carbocycles. The van der Waals surface area contributed by atoms with Crippen LogP contribution in [0.3, 0.4) is 0 Å². The molecule has 1 rings (SSSR count). The van der Waals surface area contributed by atoms with Crippen molar-refractivity contribution < 1.29 is 18.0 Å². The maximum absolute atomic E-state index is 13.2. The number of anilines is 1. The Morgan fingerprint density at radius 2 is 1.94 bits per heavy atom. The fourth-order valence-electron chi connectivity index (χ4n) is 1.24. The molecule has 0 atom stereocenters. The molecule has 0 fully saturated rings. The minimum atomic E-state index is -1.33. The summed E-state index contributed by atoms with van der Waals surface area (Å²) in [6, 6.07) is 1.15. The van der Waals surface area contributed by atoms with Crippen LogP contribution >= 0.6 is 11.6 Å². The molecule has 1 amide bonds. The monoisotopic (exact) mass is 265 g/mol. The van der Waals surface area contributed by atoms with Gasteiger partial charge in [-0.1, -0.05) is 0 Å². The summed E-state index contributed by atoms with van der Waals surface area (Å²) in [6.07, 6.45) is 1.31. The van der Waals surface area contributed by atoms with Gasteiger partial charge in [0.15, 0.2) is 11.6 Å². The summed E-state index contributed by atoms with van der Waals surface area (Å²) in [5.74, 6) is -3.62. The first-order valence-electron chi connectivity index (χ1n) is 5.05. The summed E-state index contributed by atoms with van der Waals surface area (Å²) in [5.41, 5.74) is -0.488. The molecule has 1 aromatic rings. The molecule has 0 aliphatic heterocycles. The number of nitrogens with one attached hydrogen (secondary N) is 1. The smallest absolute Gasteiger partial charge is 0.224 e. The Labute approximate surface area is 102 Å². The Balaban J connectivity index is 2.65. The van der Waals surface area contributed by atoms with E-state index in [0.29, 0.717) is 24.8 Å². The van der Waals surface area contributed by atoms with Crippen LogP contribution in [0.25, 0.3) is 0 Å². The molecule has 0 aliphatic carbocycles. The molecular formula is C11H11ClF3NO. The van der Waals surface area contributed by atoms with Gasteiger partial charge in [-0.25, -0.2) is 13.2 Å². The number of carbonyl (C=O) groups is 1. The van der Waals surface area contributed by atoms with Gasteiger partial charge in [-0.3, -0.25) is 4.79 Å². The van der Waals surface area contributed by atoms with Crippen molar-refractivity contribution in [2.24, 2.45) is 0 Å². The average molecular weight is 266 g/mol. The second kappa shape index (κ2) is 6.49. The van der Waals surface area contributed by atoms with Crippen LogP contribution in [0.2, 0.25) is 0 Å². The van der Waals surface area contributed by atoms with E-state index in [0.717, 1.165) is 6.07 Å². The zero-order valence-electron chi connectivity index (χ0n) is 8.90. The molecular weight excluding hydrogens is 255 g/mol. The SMILES string of the molecule is O=C(CCCCCl)Nc1cc(F)cc(F)c1F. The fourth-order valence-corrected chi connectivity index (χ4v) is 1.43. The van der Waals surface area contributed by atoms with E-state index in [1.54, 1.807) is 0 Å². The topological polar surface area (TPSA) is 29.1 Å². The maximum Gasteiger partial charge on any atom is 0.224 e. The van der Waals surface area contributed by atoms with Gasteiger partial charge in [0.05, 0.1) is 5.69 Å². The highest BCUT2D eigenvalue weighted by Gasteiger charge is 2.13. The zero-order valence-corrected chi connectivity index (χ0v) is 9.66. The predicted molar refractivity (Wildman–Crippen MR) is 59.5 cm³/mol. The molecule has 0 heterocycles. The molecule has 0 radical (unpaired) electrons. The molecule has 94 valence electrons. The van der Waals surface area contributed by atoms with Gasteiger partial charge in [0, 0.05) is 24.4 Å². The van der Waals surface area contributed by atoms with E-state index in [1.165, 1.54) is 0 Å². The number of halogens is 4. The molecule has 0 aliphatic rings. The van der Waals surface area contributed by atoms with Gasteiger partial charge in [-0.05, 0) is 12.8 Å². The molecule has 1 N–H and O–H groups in total. The first kappa shape index (κ1) is 13.8. The van der Waals surface area contributed by atoms with E-state index in [1.807, 2.05) is 0 Å². The Morgan fingerprint density at radius 1 is 1.24 bits per heavy atom. The van der Waals surface area contributed by atoms with Crippen molar-refractivity contribution in [2.45, 2.75) is 19.3 Å². The Hall–Kier alpha value is -1.23. The largest absolute Gasteiger partial charge is 0.323 e. The molecule has 0 unspecified atom stereocenters. The number of hydrogen-bond donors (Lipinski definition) is 1. The minimum Gasteiger partial charge on any atom is -0.323 e. The highest BCUT2D eigenvalue weighted by atomic mass is 35.5. The van der Waals surface area contributed by atoms with Gasteiger partial charge in [-0.2, -0.15) is 0 Å². The molecule has 2 nitrogen and oxygen atoms in total. The summed E-state index contributed by atoms with van der Waals surface area (Å²) < 4.78 is 38.8. The highest BCUT2D eigenvalue weighted by molar-refractivity contribution is 6.17. The number of unbranched alkanes of at least 4 members (excludes halogenated alkanes) is 1. The van der Waals surface area contributed by atoms with Crippen LogP contribution in [0.1, 0.15) is 19.3 Å². The van der Waals surface area contributed by atoms with Crippen LogP contribution in [0.4, 0.5) is 18.9 Å². The van der Waals surface area contributed by atoms with Crippen molar-refractivity contribution in [2.75, 3.05) is 11.2 Å². The van der Waals surface area contributed by atoms with Gasteiger partial charge < -0.3 is 5.32 Å². The third-order valence-electron chi connectivity index (χ3n) is 2.05. The molecule has 0 spiro atoms. The van der Waals surface area contributed by atoms with Crippen LogP contribution in [-0.4, -0.2) is 11.8 Å². The number of rotatable bonds is 5. The molecule has 0 aromatic heterocycles. The van der Waals surface area contributed by atoms with Gasteiger partial charge in [0.25, 0.3) is 0 Å².